The molecular weight excluding hydrogens is 329 g/mol. The van der Waals surface area contributed by atoms with Crippen LogP contribution in [-0.2, 0) is 4.79 Å². The summed E-state index contributed by atoms with van der Waals surface area (Å²) in [7, 11) is 0. The highest BCUT2D eigenvalue weighted by Gasteiger charge is 2.22. The van der Waals surface area contributed by atoms with Gasteiger partial charge < -0.3 is 16.4 Å². The molecule has 0 radical (unpaired) electrons. The number of hydrogen-bond donors (Lipinski definition) is 3. The molecular formula is C12H16IN3O. The second kappa shape index (κ2) is 5.57. The molecule has 0 atom stereocenters. The van der Waals surface area contributed by atoms with E-state index in [2.05, 4.69) is 33.2 Å². The highest BCUT2D eigenvalue weighted by atomic mass is 127. The summed E-state index contributed by atoms with van der Waals surface area (Å²) in [6.45, 7) is 0.651. The Hall–Kier alpha value is -0.980. The topological polar surface area (TPSA) is 67.1 Å². The standard InChI is InChI=1S/C12H16IN3O/c13-10-7-8(14)1-4-11(10)15-6-5-12(17)16-9-2-3-9/h1,4,7,9,15H,2-3,5-6,14H2,(H,16,17). The highest BCUT2D eigenvalue weighted by molar-refractivity contribution is 14.1. The van der Waals surface area contributed by atoms with Gasteiger partial charge in [0, 0.05) is 34.0 Å². The number of anilines is 2. The van der Waals surface area contributed by atoms with Crippen LogP contribution in [0.2, 0.25) is 0 Å². The Morgan fingerprint density at radius 3 is 2.88 bits per heavy atom. The normalized spacial score (nSPS) is 14.4. The van der Waals surface area contributed by atoms with Crippen LogP contribution in [-0.4, -0.2) is 18.5 Å². The van der Waals surface area contributed by atoms with Crippen LogP contribution < -0.4 is 16.4 Å². The van der Waals surface area contributed by atoms with Gasteiger partial charge in [-0.3, -0.25) is 4.79 Å². The fourth-order valence-electron chi connectivity index (χ4n) is 1.51. The molecule has 0 heterocycles. The van der Waals surface area contributed by atoms with Crippen molar-refractivity contribution in [3.05, 3.63) is 21.8 Å². The van der Waals surface area contributed by atoms with Gasteiger partial charge in [-0.1, -0.05) is 0 Å². The molecule has 4 N–H and O–H groups in total. The van der Waals surface area contributed by atoms with E-state index in [-0.39, 0.29) is 5.91 Å². The van der Waals surface area contributed by atoms with Crippen molar-refractivity contribution in [3.63, 3.8) is 0 Å². The van der Waals surface area contributed by atoms with Crippen molar-refractivity contribution in [1.82, 2.24) is 5.32 Å². The number of nitrogens with two attached hydrogens (primary N) is 1. The maximum Gasteiger partial charge on any atom is 0.221 e. The van der Waals surface area contributed by atoms with Crippen molar-refractivity contribution in [1.29, 1.82) is 0 Å². The Labute approximate surface area is 114 Å². The van der Waals surface area contributed by atoms with Crippen molar-refractivity contribution >= 4 is 39.9 Å². The van der Waals surface area contributed by atoms with E-state index in [1.165, 1.54) is 0 Å². The molecule has 1 fully saturated rings. The van der Waals surface area contributed by atoms with Crippen molar-refractivity contribution in [2.75, 3.05) is 17.6 Å². The van der Waals surface area contributed by atoms with E-state index in [0.717, 1.165) is 27.8 Å². The molecule has 4 nitrogen and oxygen atoms in total. The maximum atomic E-state index is 11.4. The number of amides is 1. The van der Waals surface area contributed by atoms with Gasteiger partial charge in [-0.25, -0.2) is 0 Å². The van der Waals surface area contributed by atoms with Gasteiger partial charge in [0.25, 0.3) is 0 Å². The molecule has 92 valence electrons. The quantitative estimate of drug-likeness (QED) is 0.565. The van der Waals surface area contributed by atoms with Crippen LogP contribution in [0.3, 0.4) is 0 Å². The summed E-state index contributed by atoms with van der Waals surface area (Å²) in [4.78, 5) is 11.4. The van der Waals surface area contributed by atoms with Crippen molar-refractivity contribution in [2.24, 2.45) is 0 Å². The lowest BCUT2D eigenvalue weighted by molar-refractivity contribution is -0.120. The summed E-state index contributed by atoms with van der Waals surface area (Å²) in [6.07, 6.45) is 2.78. The molecule has 0 unspecified atom stereocenters. The van der Waals surface area contributed by atoms with E-state index in [4.69, 9.17) is 5.73 Å². The minimum Gasteiger partial charge on any atom is -0.399 e. The Balaban J connectivity index is 1.75. The first-order chi connectivity index (χ1) is 8.15. The SMILES string of the molecule is Nc1ccc(NCCC(=O)NC2CC2)c(I)c1. The molecule has 1 saturated carbocycles. The summed E-state index contributed by atoms with van der Waals surface area (Å²) in [6, 6.07) is 6.15. The number of carbonyl (C=O) groups excluding carboxylic acids is 1. The summed E-state index contributed by atoms with van der Waals surface area (Å²) in [5, 5.41) is 6.20. The number of hydrogen-bond acceptors (Lipinski definition) is 3. The predicted molar refractivity (Wildman–Crippen MR) is 77.8 cm³/mol. The van der Waals surface area contributed by atoms with Gasteiger partial charge in [0.1, 0.15) is 0 Å². The van der Waals surface area contributed by atoms with E-state index < -0.39 is 0 Å². The van der Waals surface area contributed by atoms with Gasteiger partial charge in [-0.05, 0) is 53.6 Å². The third-order valence-electron chi connectivity index (χ3n) is 2.60. The van der Waals surface area contributed by atoms with Crippen LogP contribution in [0.25, 0.3) is 0 Å². The Morgan fingerprint density at radius 2 is 2.24 bits per heavy atom. The highest BCUT2D eigenvalue weighted by Crippen LogP contribution is 2.21. The van der Waals surface area contributed by atoms with Gasteiger partial charge in [-0.15, -0.1) is 0 Å². The van der Waals surface area contributed by atoms with Crippen LogP contribution >= 0.6 is 22.6 Å². The molecule has 2 rings (SSSR count). The molecule has 0 aliphatic heterocycles. The summed E-state index contributed by atoms with van der Waals surface area (Å²) < 4.78 is 1.07. The van der Waals surface area contributed by atoms with E-state index in [1.807, 2.05) is 18.2 Å². The van der Waals surface area contributed by atoms with Crippen molar-refractivity contribution in [2.45, 2.75) is 25.3 Å². The molecule has 0 saturated heterocycles. The van der Waals surface area contributed by atoms with E-state index in [1.54, 1.807) is 0 Å². The van der Waals surface area contributed by atoms with Gasteiger partial charge in [-0.2, -0.15) is 0 Å². The molecule has 1 amide bonds. The molecule has 5 heteroatoms. The zero-order chi connectivity index (χ0) is 12.3. The minimum atomic E-state index is 0.130. The zero-order valence-corrected chi connectivity index (χ0v) is 11.7. The third kappa shape index (κ3) is 4.07. The first-order valence-electron chi connectivity index (χ1n) is 5.73. The van der Waals surface area contributed by atoms with Crippen molar-refractivity contribution < 1.29 is 4.79 Å². The molecule has 0 spiro atoms. The maximum absolute atomic E-state index is 11.4. The Morgan fingerprint density at radius 1 is 1.47 bits per heavy atom. The molecule has 17 heavy (non-hydrogen) atoms. The monoisotopic (exact) mass is 345 g/mol. The number of nitrogen functional groups attached to an aromatic ring is 1. The molecule has 0 bridgehead atoms. The van der Waals surface area contributed by atoms with Gasteiger partial charge in [0.15, 0.2) is 0 Å². The fourth-order valence-corrected chi connectivity index (χ4v) is 2.24. The second-order valence-corrected chi connectivity index (χ2v) is 5.42. The largest absolute Gasteiger partial charge is 0.399 e. The number of halogens is 1. The van der Waals surface area contributed by atoms with E-state index in [9.17, 15) is 4.79 Å². The number of carbonyl (C=O) groups is 1. The van der Waals surface area contributed by atoms with Gasteiger partial charge >= 0.3 is 0 Å². The number of rotatable bonds is 5. The minimum absolute atomic E-state index is 0.130. The molecule has 1 aromatic carbocycles. The van der Waals surface area contributed by atoms with Crippen LogP contribution in [0.15, 0.2) is 18.2 Å². The smallest absolute Gasteiger partial charge is 0.221 e. The predicted octanol–water partition coefficient (Wildman–Crippen LogP) is 1.95. The van der Waals surface area contributed by atoms with Crippen LogP contribution in [0.1, 0.15) is 19.3 Å². The second-order valence-electron chi connectivity index (χ2n) is 4.26. The number of benzene rings is 1. The summed E-state index contributed by atoms with van der Waals surface area (Å²) >= 11 is 2.23. The van der Waals surface area contributed by atoms with E-state index in [0.29, 0.717) is 19.0 Å². The van der Waals surface area contributed by atoms with Crippen LogP contribution in [0.4, 0.5) is 11.4 Å². The average molecular weight is 345 g/mol. The molecule has 1 aromatic rings. The van der Waals surface area contributed by atoms with Crippen LogP contribution in [0.5, 0.6) is 0 Å². The Kier molecular flexibility index (Phi) is 4.09. The zero-order valence-electron chi connectivity index (χ0n) is 9.50. The first-order valence-corrected chi connectivity index (χ1v) is 6.81. The fraction of sp³-hybridized carbons (Fsp3) is 0.417. The molecule has 1 aliphatic rings. The molecule has 0 aromatic heterocycles. The lowest BCUT2D eigenvalue weighted by Gasteiger charge is -2.09. The third-order valence-corrected chi connectivity index (χ3v) is 3.50. The average Bonchev–Trinajstić information content (AvgIpc) is 3.05. The summed E-state index contributed by atoms with van der Waals surface area (Å²) in [5.41, 5.74) is 7.45. The Bertz CT molecular complexity index is 418. The molecule has 1 aliphatic carbocycles. The van der Waals surface area contributed by atoms with Crippen LogP contribution in [0, 0.1) is 3.57 Å². The lowest BCUT2D eigenvalue weighted by Crippen LogP contribution is -2.27. The van der Waals surface area contributed by atoms with Gasteiger partial charge in [0.05, 0.1) is 0 Å². The van der Waals surface area contributed by atoms with Gasteiger partial charge in [0.2, 0.25) is 5.91 Å². The first kappa shape index (κ1) is 12.5. The van der Waals surface area contributed by atoms with E-state index >= 15 is 0 Å². The number of nitrogens with one attached hydrogen (secondary N) is 2. The van der Waals surface area contributed by atoms with Crippen molar-refractivity contribution in [3.8, 4) is 0 Å². The summed E-state index contributed by atoms with van der Waals surface area (Å²) in [5.74, 6) is 0.130. The lowest BCUT2D eigenvalue weighted by atomic mass is 10.3.